The fraction of sp³-hybridized carbons (Fsp3) is 0.406. The van der Waals surface area contributed by atoms with E-state index in [4.69, 9.17) is 0 Å². The van der Waals surface area contributed by atoms with Crippen LogP contribution in [0.5, 0.6) is 0 Å². The van der Waals surface area contributed by atoms with Gasteiger partial charge in [-0.15, -0.1) is 10.2 Å². The van der Waals surface area contributed by atoms with Gasteiger partial charge in [0.25, 0.3) is 0 Å². The predicted octanol–water partition coefficient (Wildman–Crippen LogP) is 7.36. The maximum Gasteiger partial charge on any atom is 0.205 e. The summed E-state index contributed by atoms with van der Waals surface area (Å²) in [7, 11) is 0. The fourth-order valence-corrected chi connectivity index (χ4v) is 5.31. The molecular formula is C32H39N7. The van der Waals surface area contributed by atoms with E-state index in [9.17, 15) is 0 Å². The van der Waals surface area contributed by atoms with Crippen LogP contribution >= 0.6 is 0 Å². The van der Waals surface area contributed by atoms with Crippen molar-refractivity contribution in [2.24, 2.45) is 0 Å². The lowest BCUT2D eigenvalue weighted by Gasteiger charge is -2.17. The van der Waals surface area contributed by atoms with Crippen molar-refractivity contribution in [1.29, 1.82) is 0 Å². The first kappa shape index (κ1) is 26.7. The molecule has 3 aromatic heterocycles. The van der Waals surface area contributed by atoms with Gasteiger partial charge < -0.3 is 4.98 Å². The van der Waals surface area contributed by atoms with Crippen LogP contribution < -0.4 is 0 Å². The zero-order chi connectivity index (χ0) is 27.0. The monoisotopic (exact) mass is 521 g/mol. The smallest absolute Gasteiger partial charge is 0.205 e. The summed E-state index contributed by atoms with van der Waals surface area (Å²) in [5, 5.41) is 14.4. The fourth-order valence-electron chi connectivity index (χ4n) is 5.31. The van der Waals surface area contributed by atoms with Crippen LogP contribution in [0.3, 0.4) is 0 Å². The summed E-state index contributed by atoms with van der Waals surface area (Å²) in [6.45, 7) is 6.55. The van der Waals surface area contributed by atoms with E-state index in [0.29, 0.717) is 5.82 Å². The molecule has 2 aromatic carbocycles. The minimum absolute atomic E-state index is 0.642. The molecule has 0 unspecified atom stereocenters. The molecule has 1 aliphatic carbocycles. The van der Waals surface area contributed by atoms with Crippen molar-refractivity contribution in [1.82, 2.24) is 35.6 Å². The number of nitrogens with zero attached hydrogens (tertiary/aromatic N) is 5. The molecule has 0 fully saturated rings. The first-order valence-electron chi connectivity index (χ1n) is 14.5. The summed E-state index contributed by atoms with van der Waals surface area (Å²) in [6.07, 6.45) is 11.9. The second-order valence-corrected chi connectivity index (χ2v) is 10.5. The topological polar surface area (TPSA) is 96.0 Å². The Balaban J connectivity index is 0.000000160. The first-order valence-corrected chi connectivity index (χ1v) is 14.5. The van der Waals surface area contributed by atoms with Gasteiger partial charge in [0.15, 0.2) is 5.65 Å². The number of H-pyrrole nitrogens is 2. The van der Waals surface area contributed by atoms with E-state index in [1.54, 1.807) is 0 Å². The molecule has 3 heterocycles. The van der Waals surface area contributed by atoms with Crippen LogP contribution in [-0.4, -0.2) is 35.6 Å². The van der Waals surface area contributed by atoms with Crippen LogP contribution in [0.4, 0.5) is 0 Å². The molecule has 0 radical (unpaired) electrons. The van der Waals surface area contributed by atoms with E-state index in [2.05, 4.69) is 92.7 Å². The number of hydrogen-bond donors (Lipinski definition) is 2. The van der Waals surface area contributed by atoms with Gasteiger partial charge in [0.2, 0.25) is 5.82 Å². The molecule has 0 bridgehead atoms. The molecule has 0 atom stereocenters. The number of imidazole rings is 1. The van der Waals surface area contributed by atoms with Gasteiger partial charge in [-0.1, -0.05) is 69.2 Å². The lowest BCUT2D eigenvalue weighted by Crippen LogP contribution is -2.02. The number of aromatic nitrogens is 7. The minimum Gasteiger partial charge on any atom is -0.340 e. The summed E-state index contributed by atoms with van der Waals surface area (Å²) in [5.74, 6) is 1.72. The molecule has 1 aliphatic rings. The molecule has 2 N–H and O–H groups in total. The predicted molar refractivity (Wildman–Crippen MR) is 158 cm³/mol. The Morgan fingerprint density at radius 2 is 1.59 bits per heavy atom. The third kappa shape index (κ3) is 6.41. The highest BCUT2D eigenvalue weighted by Crippen LogP contribution is 2.32. The zero-order valence-electron chi connectivity index (χ0n) is 23.4. The summed E-state index contributed by atoms with van der Waals surface area (Å²) in [5.41, 5.74) is 10.8. The number of benzene rings is 2. The third-order valence-corrected chi connectivity index (χ3v) is 7.49. The van der Waals surface area contributed by atoms with Crippen LogP contribution in [-0.2, 0) is 25.7 Å². The number of rotatable bonds is 8. The molecule has 5 aromatic rings. The van der Waals surface area contributed by atoms with Crippen molar-refractivity contribution in [3.05, 3.63) is 76.7 Å². The average molecular weight is 522 g/mol. The number of pyridine rings is 1. The van der Waals surface area contributed by atoms with Crippen LogP contribution in [0.15, 0.2) is 48.5 Å². The highest BCUT2D eigenvalue weighted by Gasteiger charge is 2.14. The lowest BCUT2D eigenvalue weighted by atomic mass is 9.88. The Morgan fingerprint density at radius 1 is 0.821 bits per heavy atom. The zero-order valence-corrected chi connectivity index (χ0v) is 23.4. The molecule has 0 saturated heterocycles. The number of tetrazole rings is 1. The molecule has 39 heavy (non-hydrogen) atoms. The van der Waals surface area contributed by atoms with Gasteiger partial charge in [0.05, 0.1) is 5.52 Å². The Bertz CT molecular complexity index is 1500. The Labute approximate surface area is 230 Å². The second kappa shape index (κ2) is 12.8. The molecule has 202 valence electrons. The maximum atomic E-state index is 4.66. The van der Waals surface area contributed by atoms with Gasteiger partial charge >= 0.3 is 0 Å². The number of aryl methyl sites for hydroxylation is 5. The van der Waals surface area contributed by atoms with Gasteiger partial charge in [0.1, 0.15) is 5.82 Å². The van der Waals surface area contributed by atoms with Gasteiger partial charge in [-0.2, -0.15) is 5.21 Å². The Morgan fingerprint density at radius 3 is 2.36 bits per heavy atom. The Hall–Kier alpha value is -3.87. The highest BCUT2D eigenvalue weighted by molar-refractivity contribution is 5.80. The van der Waals surface area contributed by atoms with Crippen molar-refractivity contribution in [3.63, 3.8) is 0 Å². The van der Waals surface area contributed by atoms with E-state index >= 15 is 0 Å². The number of aromatic amines is 2. The van der Waals surface area contributed by atoms with Gasteiger partial charge in [-0.05, 0) is 91.0 Å². The summed E-state index contributed by atoms with van der Waals surface area (Å²) >= 11 is 0. The lowest BCUT2D eigenvalue weighted by molar-refractivity contribution is 0.686. The van der Waals surface area contributed by atoms with Crippen molar-refractivity contribution in [2.45, 2.75) is 85.0 Å². The highest BCUT2D eigenvalue weighted by atomic mass is 15.5. The van der Waals surface area contributed by atoms with Crippen LogP contribution in [0.1, 0.15) is 80.6 Å². The summed E-state index contributed by atoms with van der Waals surface area (Å²) < 4.78 is 0. The van der Waals surface area contributed by atoms with E-state index < -0.39 is 0 Å². The summed E-state index contributed by atoms with van der Waals surface area (Å²) in [6, 6.07) is 17.2. The average Bonchev–Trinajstić information content (AvgIpc) is 3.66. The quantitative estimate of drug-likeness (QED) is 0.222. The maximum absolute atomic E-state index is 4.66. The number of nitrogens with one attached hydrogen (secondary N) is 2. The van der Waals surface area contributed by atoms with Crippen molar-refractivity contribution in [2.75, 3.05) is 0 Å². The SMILES string of the molecule is CCCCc1cc(C)c2[nH]c(CCCC)nc2n1.c1ccc(-c2nn[nH]n2)c(-c2ccc3c(c2)CCCC3)c1. The van der Waals surface area contributed by atoms with Crippen molar-refractivity contribution >= 4 is 11.2 Å². The molecule has 0 spiro atoms. The molecule has 0 saturated carbocycles. The third-order valence-electron chi connectivity index (χ3n) is 7.49. The minimum atomic E-state index is 0.642. The first-order chi connectivity index (χ1) is 19.2. The van der Waals surface area contributed by atoms with Gasteiger partial charge in [-0.25, -0.2) is 9.97 Å². The second-order valence-electron chi connectivity index (χ2n) is 10.5. The Kier molecular flexibility index (Phi) is 8.76. The largest absolute Gasteiger partial charge is 0.340 e. The summed E-state index contributed by atoms with van der Waals surface area (Å²) in [4.78, 5) is 12.7. The number of unbranched alkanes of at least 4 members (excludes halogenated alkanes) is 2. The van der Waals surface area contributed by atoms with Crippen molar-refractivity contribution < 1.29 is 0 Å². The number of hydrogen-bond acceptors (Lipinski definition) is 5. The van der Waals surface area contributed by atoms with E-state index in [-0.39, 0.29) is 0 Å². The van der Waals surface area contributed by atoms with E-state index in [1.807, 2.05) is 12.1 Å². The van der Waals surface area contributed by atoms with Gasteiger partial charge in [-0.3, -0.25) is 0 Å². The molecule has 0 amide bonds. The standard InChI is InChI=1S/C17H16N4.C15H23N3/c1-2-6-13-11-14(10-9-12(13)5-1)15-7-3-4-8-16(15)17-18-20-21-19-17;1-4-6-8-12-10-11(3)14-15(16-12)18-13(17-14)9-7-5-2/h3-4,7-11H,1-2,5-6H2,(H,18,19,20,21);10H,4-9H2,1-3H3,(H,16,17,18). The molecule has 0 aliphatic heterocycles. The molecule has 6 rings (SSSR count). The molecule has 7 nitrogen and oxygen atoms in total. The molecule has 7 heteroatoms. The van der Waals surface area contributed by atoms with Crippen LogP contribution in [0.2, 0.25) is 0 Å². The van der Waals surface area contributed by atoms with Crippen molar-refractivity contribution in [3.8, 4) is 22.5 Å². The van der Waals surface area contributed by atoms with Crippen LogP contribution in [0.25, 0.3) is 33.7 Å². The van der Waals surface area contributed by atoms with Gasteiger partial charge in [0, 0.05) is 17.7 Å². The number of fused-ring (bicyclic) bond motifs is 2. The van der Waals surface area contributed by atoms with E-state index in [1.165, 1.54) is 79.3 Å². The molecular weight excluding hydrogens is 482 g/mol. The van der Waals surface area contributed by atoms with Crippen LogP contribution in [0, 0.1) is 6.92 Å². The normalized spacial score (nSPS) is 12.7. The van der Waals surface area contributed by atoms with E-state index in [0.717, 1.165) is 41.0 Å².